The number of hydrogen-bond donors (Lipinski definition) is 0. The van der Waals surface area contributed by atoms with E-state index in [0.717, 1.165) is 49.7 Å². The lowest BCUT2D eigenvalue weighted by molar-refractivity contribution is -0.148. The number of rotatable bonds is 5. The van der Waals surface area contributed by atoms with Crippen LogP contribution in [0.4, 0.5) is 5.13 Å². The monoisotopic (exact) mass is 446 g/mol. The van der Waals surface area contributed by atoms with Crippen LogP contribution in [0.3, 0.4) is 0 Å². The average Bonchev–Trinajstić information content (AvgIpc) is 3.30. The highest BCUT2D eigenvalue weighted by Crippen LogP contribution is 2.42. The van der Waals surface area contributed by atoms with Gasteiger partial charge in [-0.3, -0.25) is 14.5 Å². The summed E-state index contributed by atoms with van der Waals surface area (Å²) in [6.45, 7) is 3.60. The van der Waals surface area contributed by atoms with Gasteiger partial charge in [-0.25, -0.2) is 4.98 Å². The van der Waals surface area contributed by atoms with E-state index >= 15 is 0 Å². The molecule has 1 aromatic carbocycles. The maximum absolute atomic E-state index is 13.3. The third-order valence-electron chi connectivity index (χ3n) is 6.34. The van der Waals surface area contributed by atoms with E-state index in [-0.39, 0.29) is 11.7 Å². The molecule has 0 bridgehead atoms. The number of halogens is 1. The molecule has 0 radical (unpaired) electrons. The molecule has 2 aliphatic rings. The van der Waals surface area contributed by atoms with Crippen LogP contribution < -0.4 is 4.90 Å². The van der Waals surface area contributed by atoms with Crippen molar-refractivity contribution in [2.75, 3.05) is 44.7 Å². The molecule has 1 amide bonds. The van der Waals surface area contributed by atoms with Crippen LogP contribution >= 0.6 is 22.9 Å². The fourth-order valence-electron chi connectivity index (χ4n) is 4.61. The van der Waals surface area contributed by atoms with E-state index in [2.05, 4.69) is 14.8 Å². The van der Waals surface area contributed by atoms with Gasteiger partial charge in [-0.05, 0) is 25.3 Å². The average molecular weight is 447 g/mol. The fraction of sp³-hybridized carbons (Fsp3) is 0.500. The molecule has 1 aliphatic carbocycles. The van der Waals surface area contributed by atoms with Gasteiger partial charge in [0.05, 0.1) is 6.54 Å². The minimum Gasteiger partial charge on any atom is -0.346 e. The molecule has 30 heavy (non-hydrogen) atoms. The first kappa shape index (κ1) is 21.3. The Bertz CT molecular complexity index is 898. The van der Waals surface area contributed by atoms with Crippen LogP contribution in [0.15, 0.2) is 35.8 Å². The van der Waals surface area contributed by atoms with E-state index in [4.69, 9.17) is 11.6 Å². The number of hydrogen-bond acceptors (Lipinski definition) is 6. The summed E-state index contributed by atoms with van der Waals surface area (Å²) in [5.74, 6) is 0.0548. The summed E-state index contributed by atoms with van der Waals surface area (Å²) in [5.41, 5.74) is -0.211. The predicted molar refractivity (Wildman–Crippen MR) is 120 cm³/mol. The van der Waals surface area contributed by atoms with Gasteiger partial charge in [0, 0.05) is 61.8 Å². The SMILES string of the molecule is CN(C(=O)CN1CCN(c2nccs2)CC1)[C@]1(c2ccccc2Cl)CCCCC1=O. The molecule has 6 nitrogen and oxygen atoms in total. The smallest absolute Gasteiger partial charge is 0.237 e. The Kier molecular flexibility index (Phi) is 6.41. The molecule has 2 aromatic rings. The van der Waals surface area contributed by atoms with Gasteiger partial charge in [0.2, 0.25) is 5.91 Å². The van der Waals surface area contributed by atoms with E-state index in [0.29, 0.717) is 24.4 Å². The third-order valence-corrected chi connectivity index (χ3v) is 7.50. The summed E-state index contributed by atoms with van der Waals surface area (Å²) in [4.78, 5) is 37.0. The van der Waals surface area contributed by atoms with Crippen molar-refractivity contribution < 1.29 is 9.59 Å². The highest BCUT2D eigenvalue weighted by Gasteiger charge is 2.48. The van der Waals surface area contributed by atoms with Gasteiger partial charge in [0.25, 0.3) is 0 Å². The highest BCUT2D eigenvalue weighted by atomic mass is 35.5. The fourth-order valence-corrected chi connectivity index (χ4v) is 5.60. The van der Waals surface area contributed by atoms with Gasteiger partial charge in [-0.15, -0.1) is 11.3 Å². The second-order valence-electron chi connectivity index (χ2n) is 8.00. The summed E-state index contributed by atoms with van der Waals surface area (Å²) < 4.78 is 0. The minimum atomic E-state index is -0.962. The molecule has 0 N–H and O–H groups in total. The minimum absolute atomic E-state index is 0.0344. The number of ketones is 1. The number of nitrogens with zero attached hydrogens (tertiary/aromatic N) is 4. The largest absolute Gasteiger partial charge is 0.346 e. The van der Waals surface area contributed by atoms with Gasteiger partial charge in [-0.1, -0.05) is 29.8 Å². The van der Waals surface area contributed by atoms with E-state index in [9.17, 15) is 9.59 Å². The summed E-state index contributed by atoms with van der Waals surface area (Å²) in [6, 6.07) is 7.44. The number of amides is 1. The lowest BCUT2D eigenvalue weighted by Gasteiger charge is -2.45. The molecule has 1 saturated heterocycles. The Balaban J connectivity index is 1.48. The Morgan fingerprint density at radius 2 is 2.00 bits per heavy atom. The first-order valence-electron chi connectivity index (χ1n) is 10.4. The zero-order chi connectivity index (χ0) is 21.1. The van der Waals surface area contributed by atoms with Crippen molar-refractivity contribution in [3.63, 3.8) is 0 Å². The quantitative estimate of drug-likeness (QED) is 0.704. The van der Waals surface area contributed by atoms with Crippen LogP contribution in [0.2, 0.25) is 5.02 Å². The molecular weight excluding hydrogens is 420 g/mol. The van der Waals surface area contributed by atoms with Crippen molar-refractivity contribution in [2.24, 2.45) is 0 Å². The Hall–Kier alpha value is -1.96. The van der Waals surface area contributed by atoms with Gasteiger partial charge in [0.15, 0.2) is 10.9 Å². The maximum Gasteiger partial charge on any atom is 0.237 e. The van der Waals surface area contributed by atoms with Crippen molar-refractivity contribution >= 4 is 39.8 Å². The van der Waals surface area contributed by atoms with E-state index < -0.39 is 5.54 Å². The van der Waals surface area contributed by atoms with E-state index in [1.807, 2.05) is 29.8 Å². The van der Waals surface area contributed by atoms with Crippen molar-refractivity contribution in [2.45, 2.75) is 31.2 Å². The highest BCUT2D eigenvalue weighted by molar-refractivity contribution is 7.13. The number of carbonyl (C=O) groups is 2. The summed E-state index contributed by atoms with van der Waals surface area (Å²) in [6.07, 6.45) is 4.69. The van der Waals surface area contributed by atoms with Crippen LogP contribution in [0, 0.1) is 0 Å². The molecule has 8 heteroatoms. The number of Topliss-reactive ketones (excluding diaryl/α,β-unsaturated/α-hetero) is 1. The second kappa shape index (κ2) is 9.04. The number of thiazole rings is 1. The first-order chi connectivity index (χ1) is 14.5. The molecule has 1 atom stereocenters. The zero-order valence-corrected chi connectivity index (χ0v) is 18.8. The molecule has 1 aromatic heterocycles. The lowest BCUT2D eigenvalue weighted by atomic mass is 9.74. The number of carbonyl (C=O) groups excluding carboxylic acids is 2. The molecule has 1 aliphatic heterocycles. The maximum atomic E-state index is 13.3. The Morgan fingerprint density at radius 1 is 1.23 bits per heavy atom. The lowest BCUT2D eigenvalue weighted by Crippen LogP contribution is -2.57. The van der Waals surface area contributed by atoms with Crippen molar-refractivity contribution in [1.82, 2.24) is 14.8 Å². The van der Waals surface area contributed by atoms with E-state index in [1.54, 1.807) is 29.4 Å². The predicted octanol–water partition coefficient (Wildman–Crippen LogP) is 3.42. The van der Waals surface area contributed by atoms with Crippen LogP contribution in [0.1, 0.15) is 31.2 Å². The van der Waals surface area contributed by atoms with Gasteiger partial charge < -0.3 is 9.80 Å². The molecule has 0 unspecified atom stereocenters. The number of likely N-dealkylation sites (N-methyl/N-ethyl adjacent to an activating group) is 1. The van der Waals surface area contributed by atoms with Crippen molar-refractivity contribution in [3.8, 4) is 0 Å². The van der Waals surface area contributed by atoms with Crippen LogP contribution in [-0.4, -0.2) is 66.2 Å². The summed E-state index contributed by atoms with van der Waals surface area (Å²) >= 11 is 8.14. The van der Waals surface area contributed by atoms with Crippen molar-refractivity contribution in [1.29, 1.82) is 0 Å². The standard InChI is InChI=1S/C22H27ClN4O2S/c1-25(20(29)16-26-11-13-27(14-12-26)21-24-10-15-30-21)22(9-5-4-8-19(22)28)17-6-2-3-7-18(17)23/h2-3,6-7,10,15H,4-5,8-9,11-14,16H2,1H3/t22-/m0/s1. The molecular formula is C22H27ClN4O2S. The van der Waals surface area contributed by atoms with Crippen LogP contribution in [0.5, 0.6) is 0 Å². The molecule has 2 fully saturated rings. The van der Waals surface area contributed by atoms with Crippen LogP contribution in [0.25, 0.3) is 0 Å². The second-order valence-corrected chi connectivity index (χ2v) is 9.28. The number of anilines is 1. The number of aromatic nitrogens is 1. The Morgan fingerprint density at radius 3 is 2.67 bits per heavy atom. The third kappa shape index (κ3) is 3.98. The number of benzene rings is 1. The van der Waals surface area contributed by atoms with E-state index in [1.165, 1.54) is 0 Å². The van der Waals surface area contributed by atoms with Crippen molar-refractivity contribution in [3.05, 3.63) is 46.4 Å². The Labute approximate surface area is 186 Å². The van der Waals surface area contributed by atoms with Gasteiger partial charge in [0.1, 0.15) is 5.54 Å². The van der Waals surface area contributed by atoms with Gasteiger partial charge >= 0.3 is 0 Å². The zero-order valence-electron chi connectivity index (χ0n) is 17.2. The van der Waals surface area contributed by atoms with Gasteiger partial charge in [-0.2, -0.15) is 0 Å². The normalized spacial score (nSPS) is 22.9. The topological polar surface area (TPSA) is 56.8 Å². The molecule has 160 valence electrons. The first-order valence-corrected chi connectivity index (χ1v) is 11.7. The molecule has 2 heterocycles. The number of piperazine rings is 1. The molecule has 1 saturated carbocycles. The van der Waals surface area contributed by atoms with Crippen LogP contribution in [-0.2, 0) is 15.1 Å². The molecule has 0 spiro atoms. The molecule has 4 rings (SSSR count). The summed E-state index contributed by atoms with van der Waals surface area (Å²) in [7, 11) is 1.76. The summed E-state index contributed by atoms with van der Waals surface area (Å²) in [5, 5.41) is 3.56.